The highest BCUT2D eigenvalue weighted by atomic mass is 79.9. The summed E-state index contributed by atoms with van der Waals surface area (Å²) < 4.78 is 11.3. The first-order valence-electron chi connectivity index (χ1n) is 7.48. The number of hydrazone groups is 1. The second kappa shape index (κ2) is 8.53. The highest BCUT2D eigenvalue weighted by Crippen LogP contribution is 2.25. The third kappa shape index (κ3) is 4.96. The largest absolute Gasteiger partial charge is 0.497 e. The van der Waals surface area contributed by atoms with Gasteiger partial charge in [0.05, 0.1) is 26.1 Å². The summed E-state index contributed by atoms with van der Waals surface area (Å²) >= 11 is 3.52. The molecule has 0 aliphatic heterocycles. The number of carbonyl (C=O) groups excluding carboxylic acids is 1. The molecule has 132 valence electrons. The zero-order chi connectivity index (χ0) is 18.4. The molecule has 0 saturated heterocycles. The molecule has 0 heterocycles. The molecule has 1 amide bonds. The fourth-order valence-corrected chi connectivity index (χ4v) is 2.89. The molecular weight excluding hydrogens is 386 g/mol. The Kier molecular flexibility index (Phi) is 6.41. The van der Waals surface area contributed by atoms with Crippen molar-refractivity contribution in [2.45, 2.75) is 0 Å². The van der Waals surface area contributed by atoms with Gasteiger partial charge in [-0.25, -0.2) is 5.43 Å². The maximum absolute atomic E-state index is 12.2. The average Bonchev–Trinajstić information content (AvgIpc) is 2.60. The van der Waals surface area contributed by atoms with Gasteiger partial charge >= 0.3 is 0 Å². The van der Waals surface area contributed by atoms with Gasteiger partial charge in [0.15, 0.2) is 0 Å². The van der Waals surface area contributed by atoms with E-state index in [4.69, 9.17) is 9.47 Å². The van der Waals surface area contributed by atoms with Crippen LogP contribution >= 0.6 is 15.9 Å². The van der Waals surface area contributed by atoms with E-state index < -0.39 is 0 Å². The van der Waals surface area contributed by atoms with Crippen molar-refractivity contribution < 1.29 is 14.3 Å². The lowest BCUT2D eigenvalue weighted by Gasteiger charge is -2.14. The lowest BCUT2D eigenvalue weighted by Crippen LogP contribution is -2.17. The van der Waals surface area contributed by atoms with Crippen LogP contribution in [0.1, 0.15) is 15.9 Å². The van der Waals surface area contributed by atoms with Crippen molar-refractivity contribution in [3.05, 3.63) is 52.0 Å². The van der Waals surface area contributed by atoms with E-state index in [2.05, 4.69) is 26.5 Å². The number of amides is 1. The van der Waals surface area contributed by atoms with Crippen LogP contribution in [0.2, 0.25) is 0 Å². The number of hydrogen-bond donors (Lipinski definition) is 1. The number of anilines is 1. The summed E-state index contributed by atoms with van der Waals surface area (Å²) in [7, 11) is 7.00. The minimum absolute atomic E-state index is 0.350. The standard InChI is InChI=1S/C18H20BrN3O3/c1-22(2)17-6-5-12(7-16(17)19)11-20-21-18(23)13-8-14(24-3)10-15(9-13)25-4/h5-11H,1-4H3,(H,21,23)/b20-11-. The third-order valence-electron chi connectivity index (χ3n) is 3.45. The summed E-state index contributed by atoms with van der Waals surface area (Å²) in [6, 6.07) is 10.8. The number of rotatable bonds is 6. The topological polar surface area (TPSA) is 63.2 Å². The molecule has 0 fully saturated rings. The Labute approximate surface area is 155 Å². The molecule has 2 aromatic rings. The van der Waals surface area contributed by atoms with Crippen LogP contribution in [0.4, 0.5) is 5.69 Å². The highest BCUT2D eigenvalue weighted by Gasteiger charge is 2.09. The van der Waals surface area contributed by atoms with Gasteiger partial charge in [0.25, 0.3) is 5.91 Å². The fraction of sp³-hybridized carbons (Fsp3) is 0.222. The Morgan fingerprint density at radius 3 is 2.28 bits per heavy atom. The van der Waals surface area contributed by atoms with Crippen LogP contribution in [0.25, 0.3) is 0 Å². The lowest BCUT2D eigenvalue weighted by atomic mass is 10.2. The number of benzene rings is 2. The molecule has 1 N–H and O–H groups in total. The maximum atomic E-state index is 12.2. The Morgan fingerprint density at radius 1 is 1.12 bits per heavy atom. The van der Waals surface area contributed by atoms with Gasteiger partial charge in [0, 0.05) is 30.2 Å². The Bertz CT molecular complexity index is 769. The number of hydrogen-bond acceptors (Lipinski definition) is 5. The zero-order valence-electron chi connectivity index (χ0n) is 14.5. The van der Waals surface area contributed by atoms with E-state index in [1.165, 1.54) is 14.2 Å². The van der Waals surface area contributed by atoms with Gasteiger partial charge in [0.2, 0.25) is 0 Å². The van der Waals surface area contributed by atoms with Crippen molar-refractivity contribution >= 4 is 33.7 Å². The van der Waals surface area contributed by atoms with E-state index in [0.717, 1.165) is 15.7 Å². The molecule has 0 bridgehead atoms. The molecule has 2 aromatic carbocycles. The summed E-state index contributed by atoms with van der Waals surface area (Å²) in [5.41, 5.74) is 4.82. The predicted octanol–water partition coefficient (Wildman–Crippen LogP) is 3.30. The second-order valence-electron chi connectivity index (χ2n) is 5.41. The van der Waals surface area contributed by atoms with Crippen LogP contribution in [-0.4, -0.2) is 40.4 Å². The van der Waals surface area contributed by atoms with Crippen molar-refractivity contribution in [2.75, 3.05) is 33.2 Å². The number of halogens is 1. The highest BCUT2D eigenvalue weighted by molar-refractivity contribution is 9.10. The Balaban J connectivity index is 2.09. The van der Waals surface area contributed by atoms with Gasteiger partial charge < -0.3 is 14.4 Å². The van der Waals surface area contributed by atoms with Crippen LogP contribution in [-0.2, 0) is 0 Å². The molecule has 6 nitrogen and oxygen atoms in total. The van der Waals surface area contributed by atoms with Gasteiger partial charge in [-0.3, -0.25) is 4.79 Å². The molecule has 0 atom stereocenters. The van der Waals surface area contributed by atoms with E-state index in [1.54, 1.807) is 24.4 Å². The minimum Gasteiger partial charge on any atom is -0.497 e. The van der Waals surface area contributed by atoms with Crippen LogP contribution in [0.3, 0.4) is 0 Å². The number of ether oxygens (including phenoxy) is 2. The Hall–Kier alpha value is -2.54. The molecule has 0 unspecified atom stereocenters. The monoisotopic (exact) mass is 405 g/mol. The summed E-state index contributed by atoms with van der Waals surface area (Å²) in [6.07, 6.45) is 1.58. The normalized spacial score (nSPS) is 10.6. The molecule has 0 spiro atoms. The first kappa shape index (κ1) is 18.8. The fourth-order valence-electron chi connectivity index (χ4n) is 2.13. The predicted molar refractivity (Wildman–Crippen MR) is 103 cm³/mol. The number of methoxy groups -OCH3 is 2. The first-order valence-corrected chi connectivity index (χ1v) is 8.27. The molecule has 0 saturated carbocycles. The molecule has 0 aliphatic rings. The molecule has 2 rings (SSSR count). The zero-order valence-corrected chi connectivity index (χ0v) is 16.1. The molecule has 7 heteroatoms. The van der Waals surface area contributed by atoms with Crippen LogP contribution in [0.15, 0.2) is 46.0 Å². The number of nitrogens with zero attached hydrogens (tertiary/aromatic N) is 2. The molecule has 0 radical (unpaired) electrons. The maximum Gasteiger partial charge on any atom is 0.271 e. The summed E-state index contributed by atoms with van der Waals surface area (Å²) in [5.74, 6) is 0.728. The lowest BCUT2D eigenvalue weighted by molar-refractivity contribution is 0.0954. The van der Waals surface area contributed by atoms with Gasteiger partial charge in [-0.1, -0.05) is 6.07 Å². The second-order valence-corrected chi connectivity index (χ2v) is 6.26. The molecular formula is C18H20BrN3O3. The van der Waals surface area contributed by atoms with Crippen molar-refractivity contribution in [1.29, 1.82) is 0 Å². The van der Waals surface area contributed by atoms with Crippen molar-refractivity contribution in [1.82, 2.24) is 5.43 Å². The average molecular weight is 406 g/mol. The molecule has 25 heavy (non-hydrogen) atoms. The van der Waals surface area contributed by atoms with Gasteiger partial charge in [0.1, 0.15) is 11.5 Å². The molecule has 0 aliphatic carbocycles. The van der Waals surface area contributed by atoms with Gasteiger partial charge in [-0.05, 0) is 45.8 Å². The third-order valence-corrected chi connectivity index (χ3v) is 4.08. The van der Waals surface area contributed by atoms with E-state index in [9.17, 15) is 4.79 Å². The van der Waals surface area contributed by atoms with E-state index >= 15 is 0 Å². The van der Waals surface area contributed by atoms with Gasteiger partial charge in [-0.15, -0.1) is 0 Å². The number of carbonyl (C=O) groups is 1. The van der Waals surface area contributed by atoms with Crippen molar-refractivity contribution in [3.8, 4) is 11.5 Å². The van der Waals surface area contributed by atoms with Crippen LogP contribution in [0, 0.1) is 0 Å². The molecule has 0 aromatic heterocycles. The van der Waals surface area contributed by atoms with Crippen LogP contribution in [0.5, 0.6) is 11.5 Å². The van der Waals surface area contributed by atoms with E-state index in [1.807, 2.05) is 37.2 Å². The van der Waals surface area contributed by atoms with E-state index in [-0.39, 0.29) is 5.91 Å². The summed E-state index contributed by atoms with van der Waals surface area (Å²) in [5, 5.41) is 4.00. The van der Waals surface area contributed by atoms with Crippen LogP contribution < -0.4 is 19.8 Å². The number of nitrogens with one attached hydrogen (secondary N) is 1. The van der Waals surface area contributed by atoms with Crippen molar-refractivity contribution in [3.63, 3.8) is 0 Å². The minimum atomic E-state index is -0.350. The smallest absolute Gasteiger partial charge is 0.271 e. The Morgan fingerprint density at radius 2 is 1.76 bits per heavy atom. The van der Waals surface area contributed by atoms with Gasteiger partial charge in [-0.2, -0.15) is 5.10 Å². The summed E-state index contributed by atoms with van der Waals surface area (Å²) in [4.78, 5) is 14.2. The SMILES string of the molecule is COc1cc(OC)cc(C(=O)N/N=C\c2ccc(N(C)C)c(Br)c2)c1. The van der Waals surface area contributed by atoms with E-state index in [0.29, 0.717) is 17.1 Å². The van der Waals surface area contributed by atoms with Crippen molar-refractivity contribution in [2.24, 2.45) is 5.10 Å². The quantitative estimate of drug-likeness (QED) is 0.591. The first-order chi connectivity index (χ1) is 11.9. The summed E-state index contributed by atoms with van der Waals surface area (Å²) in [6.45, 7) is 0.